The number of hydrogen-bond acceptors (Lipinski definition) is 3. The molecule has 3 rings (SSSR count). The van der Waals surface area contributed by atoms with Gasteiger partial charge in [-0.05, 0) is 44.0 Å². The molecule has 0 saturated heterocycles. The highest BCUT2D eigenvalue weighted by Gasteiger charge is 2.14. The summed E-state index contributed by atoms with van der Waals surface area (Å²) in [5.41, 5.74) is 12.7. The van der Waals surface area contributed by atoms with Gasteiger partial charge in [0.2, 0.25) is 5.89 Å². The predicted octanol–water partition coefficient (Wildman–Crippen LogP) is 4.00. The van der Waals surface area contributed by atoms with E-state index >= 15 is 0 Å². The van der Waals surface area contributed by atoms with Crippen LogP contribution in [-0.2, 0) is 0 Å². The summed E-state index contributed by atoms with van der Waals surface area (Å²) in [4.78, 5) is 4.54. The summed E-state index contributed by atoms with van der Waals surface area (Å²) in [6, 6.07) is 9.88. The summed E-state index contributed by atoms with van der Waals surface area (Å²) in [5.74, 6) is 0.642. The first kappa shape index (κ1) is 11.8. The number of nitrogens with two attached hydrogens (primary N) is 1. The van der Waals surface area contributed by atoms with Crippen LogP contribution in [0.25, 0.3) is 22.6 Å². The summed E-state index contributed by atoms with van der Waals surface area (Å²) in [6.07, 6.45) is 0. The third-order valence-corrected chi connectivity index (χ3v) is 3.34. The molecule has 2 aromatic carbocycles. The largest absolute Gasteiger partial charge is 0.436 e. The third-order valence-electron chi connectivity index (χ3n) is 3.34. The van der Waals surface area contributed by atoms with Crippen molar-refractivity contribution in [1.29, 1.82) is 0 Å². The Hall–Kier alpha value is -2.29. The smallest absolute Gasteiger partial charge is 0.227 e. The van der Waals surface area contributed by atoms with Gasteiger partial charge >= 0.3 is 0 Å². The number of rotatable bonds is 1. The van der Waals surface area contributed by atoms with Crippen molar-refractivity contribution < 1.29 is 4.42 Å². The fourth-order valence-corrected chi connectivity index (χ4v) is 2.59. The quantitative estimate of drug-likeness (QED) is 0.666. The van der Waals surface area contributed by atoms with Crippen LogP contribution in [0.3, 0.4) is 0 Å². The van der Waals surface area contributed by atoms with Gasteiger partial charge in [-0.3, -0.25) is 0 Å². The van der Waals surface area contributed by atoms with Crippen molar-refractivity contribution in [1.82, 2.24) is 4.98 Å². The van der Waals surface area contributed by atoms with Crippen molar-refractivity contribution in [3.8, 4) is 11.5 Å². The Morgan fingerprint density at radius 2 is 1.74 bits per heavy atom. The number of nitrogen functional groups attached to an aromatic ring is 1. The molecule has 0 fully saturated rings. The van der Waals surface area contributed by atoms with Crippen molar-refractivity contribution in [2.45, 2.75) is 20.8 Å². The van der Waals surface area contributed by atoms with Crippen LogP contribution in [0.1, 0.15) is 16.7 Å². The Bertz CT molecular complexity index is 749. The molecule has 0 spiro atoms. The topological polar surface area (TPSA) is 52.0 Å². The highest BCUT2D eigenvalue weighted by Crippen LogP contribution is 2.31. The molecular weight excluding hydrogens is 236 g/mol. The molecule has 0 bridgehead atoms. The molecule has 96 valence electrons. The zero-order valence-electron chi connectivity index (χ0n) is 11.3. The van der Waals surface area contributed by atoms with Gasteiger partial charge in [-0.1, -0.05) is 23.8 Å². The third kappa shape index (κ3) is 1.87. The molecule has 3 aromatic rings. The van der Waals surface area contributed by atoms with Gasteiger partial charge in [-0.2, -0.15) is 0 Å². The maximum absolute atomic E-state index is 5.93. The van der Waals surface area contributed by atoms with Crippen LogP contribution in [0.4, 0.5) is 5.69 Å². The Morgan fingerprint density at radius 3 is 2.37 bits per heavy atom. The molecule has 0 aliphatic heterocycles. The molecule has 0 atom stereocenters. The monoisotopic (exact) mass is 252 g/mol. The van der Waals surface area contributed by atoms with Crippen LogP contribution in [-0.4, -0.2) is 4.98 Å². The summed E-state index contributed by atoms with van der Waals surface area (Å²) in [7, 11) is 0. The minimum absolute atomic E-state index is 0.642. The highest BCUT2D eigenvalue weighted by atomic mass is 16.3. The van der Waals surface area contributed by atoms with Crippen LogP contribution in [0.15, 0.2) is 34.7 Å². The number of fused-ring (bicyclic) bond motifs is 1. The highest BCUT2D eigenvalue weighted by molar-refractivity contribution is 5.87. The Balaban J connectivity index is 2.28. The maximum atomic E-state index is 5.93. The van der Waals surface area contributed by atoms with E-state index in [4.69, 9.17) is 10.2 Å². The van der Waals surface area contributed by atoms with Crippen molar-refractivity contribution in [2.75, 3.05) is 5.73 Å². The van der Waals surface area contributed by atoms with E-state index in [0.29, 0.717) is 11.6 Å². The Kier molecular flexibility index (Phi) is 2.56. The molecule has 19 heavy (non-hydrogen) atoms. The molecule has 0 saturated carbocycles. The van der Waals surface area contributed by atoms with Crippen LogP contribution in [0.5, 0.6) is 0 Å². The summed E-state index contributed by atoms with van der Waals surface area (Å²) >= 11 is 0. The Labute approximate surface area is 112 Å². The van der Waals surface area contributed by atoms with Crippen LogP contribution >= 0.6 is 0 Å². The average Bonchev–Trinajstić information content (AvgIpc) is 2.72. The zero-order chi connectivity index (χ0) is 13.6. The lowest BCUT2D eigenvalue weighted by Crippen LogP contribution is -1.90. The van der Waals surface area contributed by atoms with Crippen molar-refractivity contribution in [3.63, 3.8) is 0 Å². The second-order valence-corrected chi connectivity index (χ2v) is 4.99. The fourth-order valence-electron chi connectivity index (χ4n) is 2.59. The van der Waals surface area contributed by atoms with E-state index in [1.165, 1.54) is 16.7 Å². The first-order chi connectivity index (χ1) is 9.06. The van der Waals surface area contributed by atoms with E-state index in [1.54, 1.807) is 0 Å². The zero-order valence-corrected chi connectivity index (χ0v) is 11.3. The van der Waals surface area contributed by atoms with Gasteiger partial charge in [-0.25, -0.2) is 4.98 Å². The predicted molar refractivity (Wildman–Crippen MR) is 78.1 cm³/mol. The van der Waals surface area contributed by atoms with Gasteiger partial charge in [0.25, 0.3) is 0 Å². The van der Waals surface area contributed by atoms with E-state index in [9.17, 15) is 0 Å². The second kappa shape index (κ2) is 4.12. The van der Waals surface area contributed by atoms with E-state index in [2.05, 4.69) is 37.9 Å². The molecule has 0 aliphatic rings. The van der Waals surface area contributed by atoms with Gasteiger partial charge in [0.15, 0.2) is 5.58 Å². The fraction of sp³-hybridized carbons (Fsp3) is 0.188. The van der Waals surface area contributed by atoms with Gasteiger partial charge in [-0.15, -0.1) is 0 Å². The number of anilines is 1. The summed E-state index contributed by atoms with van der Waals surface area (Å²) < 4.78 is 5.85. The minimum Gasteiger partial charge on any atom is -0.436 e. The van der Waals surface area contributed by atoms with Gasteiger partial charge in [0, 0.05) is 5.56 Å². The maximum Gasteiger partial charge on any atom is 0.227 e. The van der Waals surface area contributed by atoms with Crippen molar-refractivity contribution in [3.05, 3.63) is 47.0 Å². The SMILES string of the molecule is Cc1cc(C)c(-c2nc3c(N)cccc3o2)c(C)c1. The first-order valence-corrected chi connectivity index (χ1v) is 6.29. The number of hydrogen-bond donors (Lipinski definition) is 1. The second-order valence-electron chi connectivity index (χ2n) is 4.99. The first-order valence-electron chi connectivity index (χ1n) is 6.29. The number of para-hydroxylation sites is 1. The molecule has 3 heteroatoms. The molecular formula is C16H16N2O. The number of aromatic nitrogens is 1. The minimum atomic E-state index is 0.642. The molecule has 1 heterocycles. The van der Waals surface area contributed by atoms with Gasteiger partial charge in [0.05, 0.1) is 5.69 Å². The van der Waals surface area contributed by atoms with E-state index in [-0.39, 0.29) is 0 Å². The lowest BCUT2D eigenvalue weighted by molar-refractivity contribution is 0.618. The van der Waals surface area contributed by atoms with Crippen molar-refractivity contribution in [2.24, 2.45) is 0 Å². The van der Waals surface area contributed by atoms with Crippen molar-refractivity contribution >= 4 is 16.8 Å². The van der Waals surface area contributed by atoms with Crippen LogP contribution < -0.4 is 5.73 Å². The van der Waals surface area contributed by atoms with E-state index in [1.807, 2.05) is 18.2 Å². The van der Waals surface area contributed by atoms with Gasteiger partial charge in [0.1, 0.15) is 5.52 Å². The average molecular weight is 252 g/mol. The number of nitrogens with zero attached hydrogens (tertiary/aromatic N) is 1. The molecule has 2 N–H and O–H groups in total. The molecule has 3 nitrogen and oxygen atoms in total. The standard InChI is InChI=1S/C16H16N2O/c1-9-7-10(2)14(11(3)8-9)16-18-15-12(17)5-4-6-13(15)19-16/h4-8H,17H2,1-3H3. The molecule has 0 radical (unpaired) electrons. The Morgan fingerprint density at radius 1 is 1.05 bits per heavy atom. The molecule has 1 aromatic heterocycles. The summed E-state index contributed by atoms with van der Waals surface area (Å²) in [5, 5.41) is 0. The van der Waals surface area contributed by atoms with Crippen LogP contribution in [0, 0.1) is 20.8 Å². The summed E-state index contributed by atoms with van der Waals surface area (Å²) in [6.45, 7) is 6.24. The van der Waals surface area contributed by atoms with E-state index < -0.39 is 0 Å². The molecule has 0 aliphatic carbocycles. The lowest BCUT2D eigenvalue weighted by Gasteiger charge is -2.07. The number of oxazole rings is 1. The van der Waals surface area contributed by atoms with Crippen LogP contribution in [0.2, 0.25) is 0 Å². The van der Waals surface area contributed by atoms with E-state index in [0.717, 1.165) is 16.7 Å². The lowest BCUT2D eigenvalue weighted by atomic mass is 10.00. The van der Waals surface area contributed by atoms with Gasteiger partial charge < -0.3 is 10.2 Å². The normalized spacial score (nSPS) is 11.1. The number of aryl methyl sites for hydroxylation is 3. The molecule has 0 amide bonds. The number of benzene rings is 2. The molecule has 0 unspecified atom stereocenters.